The Bertz CT molecular complexity index is 673. The molecule has 2 aromatic rings. The molecule has 1 amide bonds. The second kappa shape index (κ2) is 6.84. The molecular weight excluding hydrogens is 286 g/mol. The Morgan fingerprint density at radius 2 is 1.70 bits per heavy atom. The number of nitrogens with zero attached hydrogens (tertiary/aromatic N) is 1. The highest BCUT2D eigenvalue weighted by Gasteiger charge is 2.19. The molecule has 0 aliphatic carbocycles. The molecule has 1 fully saturated rings. The maximum absolute atomic E-state index is 12.5. The molecule has 0 aromatic heterocycles. The second-order valence-electron chi connectivity index (χ2n) is 6.28. The molecule has 1 heterocycles. The number of quaternary nitrogens is 1. The van der Waals surface area contributed by atoms with Gasteiger partial charge in [0.1, 0.15) is 0 Å². The number of carbonyl (C=O) groups is 1. The van der Waals surface area contributed by atoms with Crippen molar-refractivity contribution in [3.05, 3.63) is 59.7 Å². The van der Waals surface area contributed by atoms with E-state index in [9.17, 15) is 4.79 Å². The topological polar surface area (TPSA) is 36.8 Å². The molecule has 3 rings (SSSR count). The van der Waals surface area contributed by atoms with Gasteiger partial charge in [0.15, 0.2) is 0 Å². The summed E-state index contributed by atoms with van der Waals surface area (Å²) in [4.78, 5) is 16.4. The van der Waals surface area contributed by atoms with Crippen molar-refractivity contribution in [3.8, 4) is 0 Å². The smallest absolute Gasteiger partial charge is 0.255 e. The van der Waals surface area contributed by atoms with Gasteiger partial charge in [-0.05, 0) is 31.2 Å². The molecule has 2 N–H and O–H groups in total. The van der Waals surface area contributed by atoms with Gasteiger partial charge in [-0.15, -0.1) is 0 Å². The Balaban J connectivity index is 1.77. The lowest BCUT2D eigenvalue weighted by atomic mass is 10.1. The number of benzene rings is 2. The van der Waals surface area contributed by atoms with Gasteiger partial charge in [0.2, 0.25) is 0 Å². The highest BCUT2D eigenvalue weighted by atomic mass is 16.1. The summed E-state index contributed by atoms with van der Waals surface area (Å²) in [5, 5.41) is 3.07. The van der Waals surface area contributed by atoms with E-state index in [1.807, 2.05) is 49.4 Å². The molecule has 0 unspecified atom stereocenters. The summed E-state index contributed by atoms with van der Waals surface area (Å²) in [5.41, 5.74) is 3.84. The minimum Gasteiger partial charge on any atom is -0.359 e. The van der Waals surface area contributed by atoms with Gasteiger partial charge in [-0.2, -0.15) is 0 Å². The van der Waals surface area contributed by atoms with Crippen molar-refractivity contribution in [2.24, 2.45) is 0 Å². The molecule has 0 saturated carbocycles. The highest BCUT2D eigenvalue weighted by Crippen LogP contribution is 2.26. The van der Waals surface area contributed by atoms with Crippen LogP contribution in [0.2, 0.25) is 0 Å². The highest BCUT2D eigenvalue weighted by molar-refractivity contribution is 6.05. The van der Waals surface area contributed by atoms with Crippen LogP contribution in [-0.2, 0) is 0 Å². The molecule has 120 valence electrons. The van der Waals surface area contributed by atoms with Gasteiger partial charge in [-0.25, -0.2) is 0 Å². The fourth-order valence-electron chi connectivity index (χ4n) is 2.88. The first kappa shape index (κ1) is 15.6. The SMILES string of the molecule is Cc1ccc(C(=O)Nc2ccccc2N2CC[NH+](C)CC2)cc1. The first-order valence-corrected chi connectivity index (χ1v) is 8.17. The molecule has 4 nitrogen and oxygen atoms in total. The van der Waals surface area contributed by atoms with E-state index in [1.165, 1.54) is 0 Å². The van der Waals surface area contributed by atoms with Gasteiger partial charge in [-0.3, -0.25) is 4.79 Å². The van der Waals surface area contributed by atoms with Crippen LogP contribution < -0.4 is 15.1 Å². The van der Waals surface area contributed by atoms with Gasteiger partial charge in [0, 0.05) is 5.56 Å². The summed E-state index contributed by atoms with van der Waals surface area (Å²) < 4.78 is 0. The average Bonchev–Trinajstić information content (AvgIpc) is 2.57. The maximum Gasteiger partial charge on any atom is 0.255 e. The van der Waals surface area contributed by atoms with Crippen molar-refractivity contribution < 1.29 is 9.69 Å². The van der Waals surface area contributed by atoms with E-state index < -0.39 is 0 Å². The largest absolute Gasteiger partial charge is 0.359 e. The van der Waals surface area contributed by atoms with Crippen molar-refractivity contribution in [2.45, 2.75) is 6.92 Å². The van der Waals surface area contributed by atoms with Crippen LogP contribution in [0.4, 0.5) is 11.4 Å². The van der Waals surface area contributed by atoms with E-state index in [4.69, 9.17) is 0 Å². The fourth-order valence-corrected chi connectivity index (χ4v) is 2.88. The lowest BCUT2D eigenvalue weighted by Gasteiger charge is -2.33. The third-order valence-electron chi connectivity index (χ3n) is 4.42. The average molecular weight is 310 g/mol. The van der Waals surface area contributed by atoms with E-state index in [1.54, 1.807) is 4.90 Å². The summed E-state index contributed by atoms with van der Waals surface area (Å²) in [7, 11) is 2.22. The standard InChI is InChI=1S/C19H23N3O/c1-15-7-9-16(10-8-15)19(23)20-17-5-3-4-6-18(17)22-13-11-21(2)12-14-22/h3-10H,11-14H2,1-2H3,(H,20,23)/p+1. The monoisotopic (exact) mass is 310 g/mol. The van der Waals surface area contributed by atoms with Crippen molar-refractivity contribution in [1.29, 1.82) is 0 Å². The molecule has 4 heteroatoms. The van der Waals surface area contributed by atoms with Gasteiger partial charge in [0.05, 0.1) is 44.6 Å². The summed E-state index contributed by atoms with van der Waals surface area (Å²) in [6.45, 7) is 6.30. The van der Waals surface area contributed by atoms with Crippen LogP contribution in [-0.4, -0.2) is 39.1 Å². The van der Waals surface area contributed by atoms with E-state index in [0.29, 0.717) is 5.56 Å². The molecule has 0 atom stereocenters. The zero-order valence-electron chi connectivity index (χ0n) is 13.8. The van der Waals surface area contributed by atoms with Gasteiger partial charge < -0.3 is 15.1 Å². The maximum atomic E-state index is 12.5. The number of aryl methyl sites for hydroxylation is 1. The zero-order chi connectivity index (χ0) is 16.2. The van der Waals surface area contributed by atoms with Crippen molar-refractivity contribution in [3.63, 3.8) is 0 Å². The normalized spacial score (nSPS) is 15.5. The fraction of sp³-hybridized carbons (Fsp3) is 0.316. The molecule has 1 aliphatic heterocycles. The van der Waals surface area contributed by atoms with Crippen LogP contribution in [0, 0.1) is 6.92 Å². The predicted molar refractivity (Wildman–Crippen MR) is 94.4 cm³/mol. The zero-order valence-corrected chi connectivity index (χ0v) is 13.8. The molecule has 0 spiro atoms. The number of likely N-dealkylation sites (N-methyl/N-ethyl adjacent to an activating group) is 1. The summed E-state index contributed by atoms with van der Waals surface area (Å²) >= 11 is 0. The Morgan fingerprint density at radius 1 is 1.04 bits per heavy atom. The van der Waals surface area contributed by atoms with E-state index in [0.717, 1.165) is 43.1 Å². The molecular formula is C19H24N3O+. The third-order valence-corrected chi connectivity index (χ3v) is 4.42. The van der Waals surface area contributed by atoms with Crippen LogP contribution in [0.5, 0.6) is 0 Å². The van der Waals surface area contributed by atoms with Crippen molar-refractivity contribution in [1.82, 2.24) is 0 Å². The van der Waals surface area contributed by atoms with E-state index in [-0.39, 0.29) is 5.91 Å². The number of piperazine rings is 1. The molecule has 0 bridgehead atoms. The van der Waals surface area contributed by atoms with Gasteiger partial charge in [-0.1, -0.05) is 29.8 Å². The van der Waals surface area contributed by atoms with Crippen molar-refractivity contribution >= 4 is 17.3 Å². The lowest BCUT2D eigenvalue weighted by molar-refractivity contribution is -0.880. The number of para-hydroxylation sites is 2. The first-order chi connectivity index (χ1) is 11.1. The van der Waals surface area contributed by atoms with Gasteiger partial charge in [0.25, 0.3) is 5.91 Å². The summed E-state index contributed by atoms with van der Waals surface area (Å²) in [5.74, 6) is -0.0581. The number of nitrogens with one attached hydrogen (secondary N) is 2. The minimum atomic E-state index is -0.0581. The van der Waals surface area contributed by atoms with Crippen molar-refractivity contribution in [2.75, 3.05) is 43.4 Å². The molecule has 0 radical (unpaired) electrons. The number of anilines is 2. The number of carbonyl (C=O) groups excluding carboxylic acids is 1. The molecule has 1 saturated heterocycles. The molecule has 2 aromatic carbocycles. The first-order valence-electron chi connectivity index (χ1n) is 8.17. The van der Waals surface area contributed by atoms with Crippen LogP contribution >= 0.6 is 0 Å². The summed E-state index contributed by atoms with van der Waals surface area (Å²) in [6, 6.07) is 15.7. The summed E-state index contributed by atoms with van der Waals surface area (Å²) in [6.07, 6.45) is 0. The molecule has 23 heavy (non-hydrogen) atoms. The Labute approximate surface area is 137 Å². The minimum absolute atomic E-state index is 0.0581. The second-order valence-corrected chi connectivity index (χ2v) is 6.28. The Kier molecular flexibility index (Phi) is 4.63. The Hall–Kier alpha value is -2.33. The lowest BCUT2D eigenvalue weighted by Crippen LogP contribution is -3.12. The van der Waals surface area contributed by atoms with Crippen LogP contribution in [0.25, 0.3) is 0 Å². The number of hydrogen-bond acceptors (Lipinski definition) is 2. The number of rotatable bonds is 3. The predicted octanol–water partition coefficient (Wildman–Crippen LogP) is 1.58. The van der Waals surface area contributed by atoms with Gasteiger partial charge >= 0.3 is 0 Å². The number of hydrogen-bond donors (Lipinski definition) is 2. The Morgan fingerprint density at radius 3 is 2.39 bits per heavy atom. The van der Waals surface area contributed by atoms with E-state index >= 15 is 0 Å². The van der Waals surface area contributed by atoms with Crippen LogP contribution in [0.3, 0.4) is 0 Å². The van der Waals surface area contributed by atoms with Crippen LogP contribution in [0.15, 0.2) is 48.5 Å². The van der Waals surface area contributed by atoms with E-state index in [2.05, 4.69) is 23.3 Å². The molecule has 1 aliphatic rings. The number of amides is 1. The third kappa shape index (κ3) is 3.71. The quantitative estimate of drug-likeness (QED) is 0.903. The van der Waals surface area contributed by atoms with Crippen LogP contribution in [0.1, 0.15) is 15.9 Å².